The number of nitrogens with one attached hydrogen (secondary N) is 2. The van der Waals surface area contributed by atoms with Crippen molar-refractivity contribution in [1.29, 1.82) is 5.26 Å². The third kappa shape index (κ3) is 7.29. The summed E-state index contributed by atoms with van der Waals surface area (Å²) in [6, 6.07) is 12.3. The van der Waals surface area contributed by atoms with Crippen LogP contribution in [0.1, 0.15) is 25.7 Å². The van der Waals surface area contributed by atoms with Crippen LogP contribution in [0, 0.1) is 29.9 Å². The van der Waals surface area contributed by atoms with E-state index in [9.17, 15) is 27.3 Å². The zero-order chi connectivity index (χ0) is 28.3. The molecule has 8 nitrogen and oxygen atoms in total. The molecular weight excluding hydrogens is 570 g/mol. The SMILES string of the molecule is Cc1sc(C(=O)Nc2cc(Cl)cc(NS(C)(=O)=O)c2)cc1-c1ncc(C#N)cc1OCc1cc(F)cc(F)c1. The maximum Gasteiger partial charge on any atom is 0.265 e. The molecule has 0 aliphatic heterocycles. The second-order valence-electron chi connectivity index (χ2n) is 8.39. The third-order valence-corrected chi connectivity index (χ3v) is 7.03. The highest BCUT2D eigenvalue weighted by Crippen LogP contribution is 2.36. The van der Waals surface area contributed by atoms with Crippen molar-refractivity contribution in [3.05, 3.63) is 92.3 Å². The molecular formula is C26H19ClF2N4O4S2. The number of benzene rings is 2. The van der Waals surface area contributed by atoms with Crippen LogP contribution in [0.5, 0.6) is 5.75 Å². The molecule has 2 heterocycles. The highest BCUT2D eigenvalue weighted by atomic mass is 35.5. The van der Waals surface area contributed by atoms with Crippen molar-refractivity contribution >= 4 is 50.2 Å². The normalized spacial score (nSPS) is 11.1. The fraction of sp³-hybridized carbons (Fsp3) is 0.115. The third-order valence-electron chi connectivity index (χ3n) is 5.15. The maximum absolute atomic E-state index is 13.6. The standard InChI is InChI=1S/C26H19ClF2N4O4S2/c1-14-22(10-24(38-14)26(34)32-20-6-17(27)7-21(9-20)33-39(2,35)36)25-23(5-16(11-30)12-31-25)37-13-15-3-18(28)8-19(29)4-15/h3-10,12,33H,13H2,1-2H3,(H,32,34). The largest absolute Gasteiger partial charge is 0.487 e. The molecule has 0 atom stereocenters. The van der Waals surface area contributed by atoms with Gasteiger partial charge in [-0.1, -0.05) is 11.6 Å². The number of nitrogens with zero attached hydrogens (tertiary/aromatic N) is 2. The molecule has 0 saturated carbocycles. The monoisotopic (exact) mass is 588 g/mol. The molecule has 0 aliphatic carbocycles. The summed E-state index contributed by atoms with van der Waals surface area (Å²) in [6.45, 7) is 1.59. The number of aryl methyl sites for hydroxylation is 1. The van der Waals surface area contributed by atoms with Gasteiger partial charge in [0.05, 0.1) is 22.4 Å². The molecule has 2 aromatic heterocycles. The van der Waals surface area contributed by atoms with Crippen LogP contribution in [0.25, 0.3) is 11.3 Å². The molecule has 1 amide bonds. The van der Waals surface area contributed by atoms with Gasteiger partial charge in [-0.05, 0) is 48.9 Å². The number of carbonyl (C=O) groups is 1. The van der Waals surface area contributed by atoms with Crippen LogP contribution in [-0.2, 0) is 16.6 Å². The zero-order valence-electron chi connectivity index (χ0n) is 20.4. The van der Waals surface area contributed by atoms with E-state index in [1.54, 1.807) is 13.0 Å². The Morgan fingerprint density at radius 3 is 2.46 bits per heavy atom. The topological polar surface area (TPSA) is 121 Å². The van der Waals surface area contributed by atoms with E-state index in [1.165, 1.54) is 41.8 Å². The van der Waals surface area contributed by atoms with E-state index in [4.69, 9.17) is 16.3 Å². The van der Waals surface area contributed by atoms with E-state index < -0.39 is 27.6 Å². The van der Waals surface area contributed by atoms with Crippen molar-refractivity contribution in [2.45, 2.75) is 13.5 Å². The first-order chi connectivity index (χ1) is 18.4. The van der Waals surface area contributed by atoms with E-state index in [1.807, 2.05) is 6.07 Å². The number of nitriles is 1. The summed E-state index contributed by atoms with van der Waals surface area (Å²) in [5.74, 6) is -1.78. The molecule has 0 aliphatic rings. The predicted molar refractivity (Wildman–Crippen MR) is 146 cm³/mol. The Morgan fingerprint density at radius 1 is 1.10 bits per heavy atom. The van der Waals surface area contributed by atoms with Gasteiger partial charge in [-0.15, -0.1) is 11.3 Å². The summed E-state index contributed by atoms with van der Waals surface area (Å²) in [5, 5.41) is 12.2. The Hall–Kier alpha value is -4.05. The molecule has 0 fully saturated rings. The van der Waals surface area contributed by atoms with Crippen LogP contribution in [0.15, 0.2) is 54.7 Å². The lowest BCUT2D eigenvalue weighted by atomic mass is 10.1. The zero-order valence-corrected chi connectivity index (χ0v) is 22.8. The van der Waals surface area contributed by atoms with Gasteiger partial charge < -0.3 is 10.1 Å². The van der Waals surface area contributed by atoms with Gasteiger partial charge >= 0.3 is 0 Å². The number of hydrogen-bond acceptors (Lipinski definition) is 7. The van der Waals surface area contributed by atoms with Gasteiger partial charge in [0, 0.05) is 39.5 Å². The van der Waals surface area contributed by atoms with Crippen molar-refractivity contribution in [2.24, 2.45) is 0 Å². The number of ether oxygens (including phenoxy) is 1. The molecule has 0 spiro atoms. The van der Waals surface area contributed by atoms with E-state index >= 15 is 0 Å². The van der Waals surface area contributed by atoms with Crippen LogP contribution in [0.2, 0.25) is 5.02 Å². The summed E-state index contributed by atoms with van der Waals surface area (Å²) in [6.07, 6.45) is 2.34. The van der Waals surface area contributed by atoms with E-state index in [2.05, 4.69) is 15.0 Å². The highest BCUT2D eigenvalue weighted by Gasteiger charge is 2.19. The smallest absolute Gasteiger partial charge is 0.265 e. The van der Waals surface area contributed by atoms with Crippen molar-refractivity contribution in [2.75, 3.05) is 16.3 Å². The first kappa shape index (κ1) is 28.0. The van der Waals surface area contributed by atoms with E-state index in [0.29, 0.717) is 21.0 Å². The van der Waals surface area contributed by atoms with Gasteiger partial charge in [0.2, 0.25) is 10.0 Å². The number of hydrogen-bond donors (Lipinski definition) is 2. The minimum absolute atomic E-state index is 0.185. The molecule has 4 rings (SSSR count). The molecule has 0 unspecified atom stereocenters. The van der Waals surface area contributed by atoms with Gasteiger partial charge in [-0.25, -0.2) is 17.2 Å². The Bertz CT molecular complexity index is 1720. The maximum atomic E-state index is 13.6. The molecule has 0 bridgehead atoms. The second-order valence-corrected chi connectivity index (χ2v) is 11.8. The highest BCUT2D eigenvalue weighted by molar-refractivity contribution is 7.92. The molecule has 4 aromatic rings. The Balaban J connectivity index is 1.61. The number of thiophene rings is 1. The van der Waals surface area contributed by atoms with Crippen molar-refractivity contribution in [3.8, 4) is 23.1 Å². The number of halogens is 3. The predicted octanol–water partition coefficient (Wildman–Crippen LogP) is 6.12. The number of pyridine rings is 1. The van der Waals surface area contributed by atoms with E-state index in [0.717, 1.165) is 24.5 Å². The second kappa shape index (κ2) is 11.4. The lowest BCUT2D eigenvalue weighted by Gasteiger charge is -2.11. The lowest BCUT2D eigenvalue weighted by molar-refractivity contribution is 0.103. The average Bonchev–Trinajstić information content (AvgIpc) is 3.22. The van der Waals surface area contributed by atoms with Crippen LogP contribution in [-0.4, -0.2) is 25.6 Å². The van der Waals surface area contributed by atoms with Crippen molar-refractivity contribution in [1.82, 2.24) is 4.98 Å². The van der Waals surface area contributed by atoms with Crippen LogP contribution >= 0.6 is 22.9 Å². The van der Waals surface area contributed by atoms with Crippen LogP contribution in [0.3, 0.4) is 0 Å². The van der Waals surface area contributed by atoms with Gasteiger partial charge in [0.1, 0.15) is 35.8 Å². The minimum Gasteiger partial charge on any atom is -0.487 e. The van der Waals surface area contributed by atoms with Crippen LogP contribution < -0.4 is 14.8 Å². The summed E-state index contributed by atoms with van der Waals surface area (Å²) in [4.78, 5) is 18.4. The number of aromatic nitrogens is 1. The quantitative estimate of drug-likeness (QED) is 0.256. The summed E-state index contributed by atoms with van der Waals surface area (Å²) in [5.41, 5.74) is 1.81. The fourth-order valence-corrected chi connectivity index (χ4v) is 5.33. The number of anilines is 2. The Kier molecular flexibility index (Phi) is 8.15. The Labute approximate surface area is 231 Å². The molecule has 2 N–H and O–H groups in total. The summed E-state index contributed by atoms with van der Waals surface area (Å²) < 4.78 is 58.4. The van der Waals surface area contributed by atoms with Gasteiger partial charge in [0.15, 0.2) is 0 Å². The van der Waals surface area contributed by atoms with Crippen LogP contribution in [0.4, 0.5) is 20.2 Å². The average molecular weight is 589 g/mol. The molecule has 200 valence electrons. The molecule has 0 saturated heterocycles. The number of amides is 1. The van der Waals surface area contributed by atoms with E-state index in [-0.39, 0.29) is 39.9 Å². The van der Waals surface area contributed by atoms with Crippen molar-refractivity contribution < 1.29 is 26.7 Å². The first-order valence-corrected chi connectivity index (χ1v) is 14.2. The summed E-state index contributed by atoms with van der Waals surface area (Å²) >= 11 is 7.26. The van der Waals surface area contributed by atoms with Gasteiger partial charge in [-0.2, -0.15) is 5.26 Å². The molecule has 0 radical (unpaired) electrons. The van der Waals surface area contributed by atoms with Crippen molar-refractivity contribution in [3.63, 3.8) is 0 Å². The lowest BCUT2D eigenvalue weighted by Crippen LogP contribution is -2.12. The number of rotatable bonds is 8. The number of sulfonamides is 1. The van der Waals surface area contributed by atoms with Gasteiger partial charge in [-0.3, -0.25) is 14.5 Å². The first-order valence-electron chi connectivity index (χ1n) is 11.1. The Morgan fingerprint density at radius 2 is 1.79 bits per heavy atom. The molecule has 2 aromatic carbocycles. The minimum atomic E-state index is -3.56. The number of carbonyl (C=O) groups excluding carboxylic acids is 1. The molecule has 39 heavy (non-hydrogen) atoms. The fourth-order valence-electron chi connectivity index (χ4n) is 3.63. The molecule has 13 heteroatoms. The summed E-state index contributed by atoms with van der Waals surface area (Å²) in [7, 11) is -3.56. The van der Waals surface area contributed by atoms with Gasteiger partial charge in [0.25, 0.3) is 5.91 Å².